The third-order valence-electron chi connectivity index (χ3n) is 2.11. The molecule has 8 nitrogen and oxygen atoms in total. The van der Waals surface area contributed by atoms with Gasteiger partial charge in [-0.25, -0.2) is 0 Å². The van der Waals surface area contributed by atoms with Crippen molar-refractivity contribution < 1.29 is 28.7 Å². The van der Waals surface area contributed by atoms with Gasteiger partial charge in [0.25, 0.3) is 0 Å². The molecule has 0 fully saturated rings. The molecule has 104 valence electrons. The molecular weight excluding hydrogens is 270 g/mol. The molecule has 0 bridgehead atoms. The summed E-state index contributed by atoms with van der Waals surface area (Å²) < 4.78 is 21.6. The molecule has 0 aromatic rings. The molecular formula is C7H20N2O6P2. The second-order valence-electron chi connectivity index (χ2n) is 3.73. The van der Waals surface area contributed by atoms with E-state index in [0.29, 0.717) is 6.42 Å². The van der Waals surface area contributed by atoms with Crippen LogP contribution >= 0.6 is 15.2 Å². The van der Waals surface area contributed by atoms with Crippen LogP contribution in [0.1, 0.15) is 19.3 Å². The summed E-state index contributed by atoms with van der Waals surface area (Å²) in [6, 6.07) is 0. The highest BCUT2D eigenvalue weighted by atomic mass is 31.2. The Labute approximate surface area is 99.9 Å². The van der Waals surface area contributed by atoms with Gasteiger partial charge in [-0.2, -0.15) is 0 Å². The lowest BCUT2D eigenvalue weighted by atomic mass is 10.2. The van der Waals surface area contributed by atoms with Crippen molar-refractivity contribution in [3.8, 4) is 0 Å². The smallest absolute Gasteiger partial charge is 0.329 e. The quantitative estimate of drug-likeness (QED) is 0.243. The van der Waals surface area contributed by atoms with Gasteiger partial charge < -0.3 is 30.6 Å². The Kier molecular flexibility index (Phi) is 7.71. The molecule has 0 saturated heterocycles. The molecule has 10 heteroatoms. The summed E-state index contributed by atoms with van der Waals surface area (Å²) in [6.07, 6.45) is 0.450. The van der Waals surface area contributed by atoms with E-state index in [4.69, 9.17) is 25.3 Å². The molecule has 0 rings (SSSR count). The van der Waals surface area contributed by atoms with Crippen molar-refractivity contribution in [2.24, 2.45) is 5.73 Å². The van der Waals surface area contributed by atoms with Gasteiger partial charge in [0.05, 0.1) is 0 Å². The van der Waals surface area contributed by atoms with Gasteiger partial charge in [-0.1, -0.05) is 6.42 Å². The zero-order chi connectivity index (χ0) is 13.5. The van der Waals surface area contributed by atoms with Gasteiger partial charge in [-0.3, -0.25) is 9.13 Å². The Morgan fingerprint density at radius 1 is 1.12 bits per heavy atom. The van der Waals surface area contributed by atoms with Crippen LogP contribution in [0.3, 0.4) is 0 Å². The lowest BCUT2D eigenvalue weighted by molar-refractivity contribution is 0.340. The fourth-order valence-electron chi connectivity index (χ4n) is 1.29. The molecule has 0 radical (unpaired) electrons. The molecule has 1 unspecified atom stereocenters. The molecule has 0 aliphatic carbocycles. The van der Waals surface area contributed by atoms with Gasteiger partial charge in [0, 0.05) is 19.3 Å². The standard InChI is InChI=1S/C7H20N2O6P2/c8-4-5-9-7(17(13,14)15)3-1-2-6-16(10,11)12/h7,9H,1-6,8H2,(H2,10,11,12)(H2,13,14,15). The molecule has 7 N–H and O–H groups in total. The Morgan fingerprint density at radius 3 is 2.12 bits per heavy atom. The minimum Gasteiger partial charge on any atom is -0.329 e. The van der Waals surface area contributed by atoms with Gasteiger partial charge in [-0.15, -0.1) is 0 Å². The van der Waals surface area contributed by atoms with Crippen molar-refractivity contribution in [3.05, 3.63) is 0 Å². The Hall–Kier alpha value is 0.220. The molecule has 0 aromatic carbocycles. The number of unbranched alkanes of at least 4 members (excludes halogenated alkanes) is 1. The largest absolute Gasteiger partial charge is 0.342 e. The van der Waals surface area contributed by atoms with Crippen LogP contribution in [-0.4, -0.2) is 44.6 Å². The molecule has 0 heterocycles. The summed E-state index contributed by atoms with van der Waals surface area (Å²) in [5, 5.41) is 2.62. The van der Waals surface area contributed by atoms with Crippen molar-refractivity contribution in [1.82, 2.24) is 5.32 Å². The number of nitrogens with one attached hydrogen (secondary N) is 1. The Morgan fingerprint density at radius 2 is 1.71 bits per heavy atom. The van der Waals surface area contributed by atoms with E-state index < -0.39 is 21.0 Å². The van der Waals surface area contributed by atoms with E-state index in [9.17, 15) is 9.13 Å². The average Bonchev–Trinajstić information content (AvgIpc) is 2.13. The zero-order valence-electron chi connectivity index (χ0n) is 9.40. The average molecular weight is 290 g/mol. The number of hydrogen-bond acceptors (Lipinski definition) is 4. The predicted molar refractivity (Wildman–Crippen MR) is 63.7 cm³/mol. The first-order valence-corrected chi connectivity index (χ1v) is 8.68. The maximum Gasteiger partial charge on any atom is 0.342 e. The number of nitrogens with two attached hydrogens (primary N) is 1. The summed E-state index contributed by atoms with van der Waals surface area (Å²) in [6.45, 7) is 0.549. The summed E-state index contributed by atoms with van der Waals surface area (Å²) in [4.78, 5) is 35.3. The third kappa shape index (κ3) is 9.88. The van der Waals surface area contributed by atoms with Gasteiger partial charge in [-0.05, 0) is 12.8 Å². The van der Waals surface area contributed by atoms with Crippen LogP contribution in [0.15, 0.2) is 0 Å². The zero-order valence-corrected chi connectivity index (χ0v) is 11.2. The van der Waals surface area contributed by atoms with E-state index in [-0.39, 0.29) is 32.1 Å². The van der Waals surface area contributed by atoms with Crippen LogP contribution in [0.2, 0.25) is 0 Å². The normalized spacial score (nSPS) is 14.9. The first-order valence-electron chi connectivity index (χ1n) is 5.20. The van der Waals surface area contributed by atoms with Crippen molar-refractivity contribution >= 4 is 15.2 Å². The van der Waals surface area contributed by atoms with Crippen molar-refractivity contribution in [2.45, 2.75) is 25.0 Å². The fraction of sp³-hybridized carbons (Fsp3) is 1.00. The molecule has 0 spiro atoms. The summed E-state index contributed by atoms with van der Waals surface area (Å²) in [5.74, 6) is -0.997. The van der Waals surface area contributed by atoms with E-state index in [1.165, 1.54) is 0 Å². The predicted octanol–water partition coefficient (Wildman–Crippen LogP) is -0.614. The second kappa shape index (κ2) is 7.61. The minimum atomic E-state index is -4.25. The highest BCUT2D eigenvalue weighted by Crippen LogP contribution is 2.42. The summed E-state index contributed by atoms with van der Waals surface area (Å²) in [7, 11) is -8.27. The molecule has 17 heavy (non-hydrogen) atoms. The Balaban J connectivity index is 4.01. The van der Waals surface area contributed by atoms with Gasteiger partial charge in [0.15, 0.2) is 0 Å². The van der Waals surface area contributed by atoms with E-state index in [2.05, 4.69) is 5.32 Å². The number of hydrogen-bond donors (Lipinski definition) is 6. The van der Waals surface area contributed by atoms with Crippen molar-refractivity contribution in [2.75, 3.05) is 19.3 Å². The number of rotatable bonds is 9. The monoisotopic (exact) mass is 290 g/mol. The maximum atomic E-state index is 11.1. The highest BCUT2D eigenvalue weighted by molar-refractivity contribution is 7.52. The van der Waals surface area contributed by atoms with Crippen LogP contribution in [0.5, 0.6) is 0 Å². The molecule has 0 amide bonds. The topological polar surface area (TPSA) is 153 Å². The van der Waals surface area contributed by atoms with E-state index in [1.807, 2.05) is 0 Å². The molecule has 0 aliphatic rings. The fourth-order valence-corrected chi connectivity index (χ4v) is 2.82. The first-order chi connectivity index (χ1) is 7.67. The Bertz CT molecular complexity index is 301. The highest BCUT2D eigenvalue weighted by Gasteiger charge is 2.27. The molecule has 0 saturated carbocycles. The van der Waals surface area contributed by atoms with Gasteiger partial charge >= 0.3 is 15.2 Å². The molecule has 0 aliphatic heterocycles. The maximum absolute atomic E-state index is 11.1. The first kappa shape index (κ1) is 17.2. The van der Waals surface area contributed by atoms with Gasteiger partial charge in [0.2, 0.25) is 0 Å². The summed E-state index contributed by atoms with van der Waals surface area (Å²) >= 11 is 0. The van der Waals surface area contributed by atoms with Crippen LogP contribution in [0.25, 0.3) is 0 Å². The van der Waals surface area contributed by atoms with E-state index in [1.54, 1.807) is 0 Å². The van der Waals surface area contributed by atoms with Crippen molar-refractivity contribution in [1.29, 1.82) is 0 Å². The van der Waals surface area contributed by atoms with Crippen LogP contribution in [-0.2, 0) is 9.13 Å². The molecule has 0 aromatic heterocycles. The van der Waals surface area contributed by atoms with E-state index in [0.717, 1.165) is 0 Å². The minimum absolute atomic E-state index is 0.157. The van der Waals surface area contributed by atoms with E-state index >= 15 is 0 Å². The molecule has 1 atom stereocenters. The van der Waals surface area contributed by atoms with Crippen molar-refractivity contribution in [3.63, 3.8) is 0 Å². The third-order valence-corrected chi connectivity index (χ3v) is 4.26. The SMILES string of the molecule is NCCNC(CCCCP(=O)(O)O)P(=O)(O)O. The lowest BCUT2D eigenvalue weighted by Gasteiger charge is -2.19. The van der Waals surface area contributed by atoms with Crippen LogP contribution in [0, 0.1) is 0 Å². The van der Waals surface area contributed by atoms with Gasteiger partial charge in [0.1, 0.15) is 5.78 Å². The van der Waals surface area contributed by atoms with Crippen LogP contribution < -0.4 is 11.1 Å². The second-order valence-corrected chi connectivity index (χ2v) is 7.31. The lowest BCUT2D eigenvalue weighted by Crippen LogP contribution is -2.33. The summed E-state index contributed by atoms with van der Waals surface area (Å²) in [5.41, 5.74) is 5.21. The van der Waals surface area contributed by atoms with Crippen LogP contribution in [0.4, 0.5) is 0 Å².